The fourth-order valence-electron chi connectivity index (χ4n) is 2.48. The standard InChI is InChI=1S/C20H13NO7/c1-24-17-11-12(6-7-14(17)27-20(23)16-5-3-9-26-16)10-13-19(22)28-18(21-13)15-4-2-8-25-15/h2-11H,1H3/b13-10+. The minimum absolute atomic E-state index is 0.0711. The lowest BCUT2D eigenvalue weighted by Crippen LogP contribution is -2.08. The van der Waals surface area contributed by atoms with Crippen molar-refractivity contribution in [1.29, 1.82) is 0 Å². The molecule has 140 valence electrons. The Kier molecular flexibility index (Phi) is 4.51. The molecule has 1 aliphatic rings. The third kappa shape index (κ3) is 3.43. The molecule has 8 heteroatoms. The van der Waals surface area contributed by atoms with Crippen molar-refractivity contribution in [2.24, 2.45) is 4.99 Å². The average Bonchev–Trinajstić information content (AvgIpc) is 3.45. The first-order chi connectivity index (χ1) is 13.6. The first-order valence-corrected chi connectivity index (χ1v) is 8.14. The number of benzene rings is 1. The number of cyclic esters (lactones) is 1. The van der Waals surface area contributed by atoms with E-state index in [1.54, 1.807) is 36.4 Å². The van der Waals surface area contributed by atoms with Crippen molar-refractivity contribution >= 4 is 23.9 Å². The summed E-state index contributed by atoms with van der Waals surface area (Å²) in [5.41, 5.74) is 0.708. The molecule has 8 nitrogen and oxygen atoms in total. The molecular weight excluding hydrogens is 366 g/mol. The van der Waals surface area contributed by atoms with E-state index < -0.39 is 11.9 Å². The van der Waals surface area contributed by atoms with Crippen LogP contribution in [0.1, 0.15) is 21.9 Å². The number of carbonyl (C=O) groups excluding carboxylic acids is 2. The minimum Gasteiger partial charge on any atom is -0.493 e. The molecule has 0 unspecified atom stereocenters. The van der Waals surface area contributed by atoms with E-state index in [0.717, 1.165) is 0 Å². The van der Waals surface area contributed by atoms with Gasteiger partial charge in [-0.15, -0.1) is 0 Å². The summed E-state index contributed by atoms with van der Waals surface area (Å²) in [4.78, 5) is 28.2. The summed E-state index contributed by atoms with van der Waals surface area (Å²) in [7, 11) is 1.44. The van der Waals surface area contributed by atoms with Gasteiger partial charge in [-0.3, -0.25) is 0 Å². The van der Waals surface area contributed by atoms with Crippen molar-refractivity contribution in [3.63, 3.8) is 0 Å². The highest BCUT2D eigenvalue weighted by Gasteiger charge is 2.26. The zero-order chi connectivity index (χ0) is 19.5. The number of esters is 2. The second kappa shape index (κ2) is 7.28. The van der Waals surface area contributed by atoms with Gasteiger partial charge in [0.25, 0.3) is 5.90 Å². The molecule has 2 aromatic heterocycles. The number of ether oxygens (including phenoxy) is 3. The lowest BCUT2D eigenvalue weighted by atomic mass is 10.1. The van der Waals surface area contributed by atoms with Gasteiger partial charge in [0.05, 0.1) is 19.6 Å². The molecule has 0 N–H and O–H groups in total. The molecule has 28 heavy (non-hydrogen) atoms. The molecule has 0 bridgehead atoms. The largest absolute Gasteiger partial charge is 0.493 e. The van der Waals surface area contributed by atoms with E-state index in [1.807, 2.05) is 0 Å². The second-order valence-corrected chi connectivity index (χ2v) is 5.59. The molecule has 0 aliphatic carbocycles. The predicted octanol–water partition coefficient (Wildman–Crippen LogP) is 3.44. The highest BCUT2D eigenvalue weighted by atomic mass is 16.6. The van der Waals surface area contributed by atoms with E-state index in [2.05, 4.69) is 4.99 Å². The molecule has 0 fully saturated rings. The van der Waals surface area contributed by atoms with Crippen LogP contribution in [0.5, 0.6) is 11.5 Å². The maximum atomic E-state index is 12.0. The van der Waals surface area contributed by atoms with Gasteiger partial charge in [0, 0.05) is 0 Å². The van der Waals surface area contributed by atoms with E-state index in [0.29, 0.717) is 17.1 Å². The van der Waals surface area contributed by atoms with Crippen LogP contribution < -0.4 is 9.47 Å². The van der Waals surface area contributed by atoms with Gasteiger partial charge in [0.2, 0.25) is 5.76 Å². The van der Waals surface area contributed by atoms with Crippen molar-refractivity contribution < 1.29 is 32.6 Å². The summed E-state index contributed by atoms with van der Waals surface area (Å²) in [5.74, 6) is -0.218. The average molecular weight is 379 g/mol. The number of hydrogen-bond acceptors (Lipinski definition) is 8. The lowest BCUT2D eigenvalue weighted by Gasteiger charge is -2.09. The van der Waals surface area contributed by atoms with Gasteiger partial charge >= 0.3 is 11.9 Å². The third-order valence-corrected chi connectivity index (χ3v) is 3.77. The Hall–Kier alpha value is -4.07. The normalized spacial score (nSPS) is 14.7. The Morgan fingerprint density at radius 1 is 1.07 bits per heavy atom. The SMILES string of the molecule is COc1cc(/C=C2/N=C(c3ccco3)OC2=O)ccc1OC(=O)c1ccco1. The summed E-state index contributed by atoms with van der Waals surface area (Å²) in [6.45, 7) is 0. The van der Waals surface area contributed by atoms with Crippen LogP contribution >= 0.6 is 0 Å². The van der Waals surface area contributed by atoms with E-state index in [1.165, 1.54) is 31.8 Å². The Balaban J connectivity index is 1.58. The van der Waals surface area contributed by atoms with Crippen molar-refractivity contribution in [3.8, 4) is 11.5 Å². The predicted molar refractivity (Wildman–Crippen MR) is 96.0 cm³/mol. The Labute approximate surface area is 158 Å². The molecule has 0 radical (unpaired) electrons. The smallest absolute Gasteiger partial charge is 0.379 e. The Bertz CT molecular complexity index is 1080. The van der Waals surface area contributed by atoms with Gasteiger partial charge in [-0.2, -0.15) is 0 Å². The molecule has 4 rings (SSSR count). The van der Waals surface area contributed by atoms with Crippen molar-refractivity contribution in [2.45, 2.75) is 0 Å². The van der Waals surface area contributed by atoms with Gasteiger partial charge in [-0.1, -0.05) is 6.07 Å². The van der Waals surface area contributed by atoms with Crippen LogP contribution in [0.25, 0.3) is 6.08 Å². The number of methoxy groups -OCH3 is 1. The van der Waals surface area contributed by atoms with Gasteiger partial charge in [0.1, 0.15) is 0 Å². The van der Waals surface area contributed by atoms with E-state index in [-0.39, 0.29) is 23.1 Å². The third-order valence-electron chi connectivity index (χ3n) is 3.77. The fourth-order valence-corrected chi connectivity index (χ4v) is 2.48. The molecule has 0 saturated heterocycles. The van der Waals surface area contributed by atoms with Crippen molar-refractivity contribution in [2.75, 3.05) is 7.11 Å². The molecule has 0 spiro atoms. The van der Waals surface area contributed by atoms with Gasteiger partial charge in [0.15, 0.2) is 23.0 Å². The molecule has 3 aromatic rings. The number of hydrogen-bond donors (Lipinski definition) is 0. The van der Waals surface area contributed by atoms with Crippen LogP contribution in [0.2, 0.25) is 0 Å². The Morgan fingerprint density at radius 2 is 1.89 bits per heavy atom. The molecule has 0 atom stereocenters. The highest BCUT2D eigenvalue weighted by Crippen LogP contribution is 2.30. The summed E-state index contributed by atoms with van der Waals surface area (Å²) < 4.78 is 25.8. The molecule has 1 aliphatic heterocycles. The number of nitrogens with zero attached hydrogens (tertiary/aromatic N) is 1. The van der Waals surface area contributed by atoms with Crippen LogP contribution in [0.3, 0.4) is 0 Å². The number of furan rings is 2. The maximum Gasteiger partial charge on any atom is 0.379 e. The van der Waals surface area contributed by atoms with E-state index in [9.17, 15) is 9.59 Å². The number of rotatable bonds is 5. The number of aliphatic imine (C=N–C) groups is 1. The van der Waals surface area contributed by atoms with Crippen LogP contribution in [-0.2, 0) is 9.53 Å². The Morgan fingerprint density at radius 3 is 2.61 bits per heavy atom. The summed E-state index contributed by atoms with van der Waals surface area (Å²) >= 11 is 0. The summed E-state index contributed by atoms with van der Waals surface area (Å²) in [6.07, 6.45) is 4.36. The van der Waals surface area contributed by atoms with Gasteiger partial charge in [-0.05, 0) is 48.0 Å². The van der Waals surface area contributed by atoms with Gasteiger partial charge in [-0.25, -0.2) is 14.6 Å². The lowest BCUT2D eigenvalue weighted by molar-refractivity contribution is -0.130. The second-order valence-electron chi connectivity index (χ2n) is 5.59. The first-order valence-electron chi connectivity index (χ1n) is 8.14. The molecule has 0 saturated carbocycles. The monoisotopic (exact) mass is 379 g/mol. The number of carbonyl (C=O) groups is 2. The topological polar surface area (TPSA) is 100 Å². The van der Waals surface area contributed by atoms with Crippen LogP contribution in [0, 0.1) is 0 Å². The van der Waals surface area contributed by atoms with Crippen molar-refractivity contribution in [3.05, 3.63) is 77.8 Å². The molecular formula is C20H13NO7. The zero-order valence-corrected chi connectivity index (χ0v) is 14.6. The molecule has 1 aromatic carbocycles. The highest BCUT2D eigenvalue weighted by molar-refractivity contribution is 6.11. The van der Waals surface area contributed by atoms with E-state index in [4.69, 9.17) is 23.0 Å². The van der Waals surface area contributed by atoms with Crippen LogP contribution in [0.15, 0.2) is 74.5 Å². The molecule has 3 heterocycles. The quantitative estimate of drug-likeness (QED) is 0.380. The van der Waals surface area contributed by atoms with Crippen LogP contribution in [-0.4, -0.2) is 24.9 Å². The summed E-state index contributed by atoms with van der Waals surface area (Å²) in [6, 6.07) is 11.2. The summed E-state index contributed by atoms with van der Waals surface area (Å²) in [5, 5.41) is 0. The van der Waals surface area contributed by atoms with Crippen LogP contribution in [0.4, 0.5) is 0 Å². The first kappa shape index (κ1) is 17.3. The minimum atomic E-state index is -0.651. The fraction of sp³-hybridized carbons (Fsp3) is 0.0500. The molecule has 0 amide bonds. The van der Waals surface area contributed by atoms with Gasteiger partial charge < -0.3 is 23.0 Å². The van der Waals surface area contributed by atoms with E-state index >= 15 is 0 Å². The van der Waals surface area contributed by atoms with Crippen molar-refractivity contribution in [1.82, 2.24) is 0 Å². The maximum absolute atomic E-state index is 12.0. The zero-order valence-electron chi connectivity index (χ0n) is 14.6.